The van der Waals surface area contributed by atoms with Gasteiger partial charge in [0.25, 0.3) is 0 Å². The van der Waals surface area contributed by atoms with Gasteiger partial charge in [0.15, 0.2) is 5.12 Å². The molecule has 1 heterocycles. The molecule has 1 aliphatic rings. The maximum atomic E-state index is 10.9. The van der Waals surface area contributed by atoms with Crippen LogP contribution in [0, 0.1) is 20.8 Å². The number of carbonyl (C=O) groups is 1. The Bertz CT molecular complexity index is 480. The smallest absolute Gasteiger partial charge is 0.185 e. The van der Waals surface area contributed by atoms with Crippen molar-refractivity contribution in [1.29, 1.82) is 0 Å². The van der Waals surface area contributed by atoms with E-state index in [2.05, 4.69) is 26.8 Å². The van der Waals surface area contributed by atoms with Crippen LogP contribution in [0.25, 0.3) is 0 Å². The fourth-order valence-corrected chi connectivity index (χ4v) is 3.12. The second-order valence-corrected chi connectivity index (χ2v) is 6.29. The number of hydrogen-bond donors (Lipinski definition) is 0. The summed E-state index contributed by atoms with van der Waals surface area (Å²) in [5.74, 6) is 1.94. The van der Waals surface area contributed by atoms with Crippen molar-refractivity contribution in [2.45, 2.75) is 46.6 Å². The van der Waals surface area contributed by atoms with E-state index in [1.165, 1.54) is 34.0 Å². The van der Waals surface area contributed by atoms with Crippen molar-refractivity contribution in [2.24, 2.45) is 0 Å². The summed E-state index contributed by atoms with van der Waals surface area (Å²) in [6.45, 7) is 8.03. The van der Waals surface area contributed by atoms with Crippen LogP contribution in [0.5, 0.6) is 5.75 Å². The Morgan fingerprint density at radius 3 is 2.78 bits per heavy atom. The number of ether oxygens (including phenoxy) is 1. The topological polar surface area (TPSA) is 26.3 Å². The van der Waals surface area contributed by atoms with E-state index in [-0.39, 0.29) is 11.2 Å². The van der Waals surface area contributed by atoms with Crippen LogP contribution in [0.4, 0.5) is 0 Å². The van der Waals surface area contributed by atoms with Gasteiger partial charge in [-0.05, 0) is 43.9 Å². The Hall–Kier alpha value is -0.960. The van der Waals surface area contributed by atoms with Gasteiger partial charge in [0.2, 0.25) is 0 Å². The van der Waals surface area contributed by atoms with E-state index in [1.54, 1.807) is 6.92 Å². The zero-order chi connectivity index (χ0) is 13.3. The molecular weight excluding hydrogens is 244 g/mol. The van der Waals surface area contributed by atoms with Gasteiger partial charge in [0.1, 0.15) is 11.9 Å². The highest BCUT2D eigenvalue weighted by Crippen LogP contribution is 2.37. The van der Waals surface area contributed by atoms with Crippen LogP contribution in [-0.4, -0.2) is 17.0 Å². The zero-order valence-corrected chi connectivity index (χ0v) is 12.3. The van der Waals surface area contributed by atoms with E-state index in [4.69, 9.17) is 4.74 Å². The third-order valence-electron chi connectivity index (χ3n) is 3.58. The molecule has 1 atom stereocenters. The highest BCUT2D eigenvalue weighted by Gasteiger charge is 2.26. The van der Waals surface area contributed by atoms with Crippen LogP contribution in [0.1, 0.15) is 35.6 Å². The molecule has 0 saturated carbocycles. The Kier molecular flexibility index (Phi) is 4.00. The minimum Gasteiger partial charge on any atom is -0.489 e. The van der Waals surface area contributed by atoms with Gasteiger partial charge in [-0.15, -0.1) is 0 Å². The van der Waals surface area contributed by atoms with Crippen LogP contribution in [0.15, 0.2) is 6.07 Å². The van der Waals surface area contributed by atoms with Crippen molar-refractivity contribution in [3.05, 3.63) is 28.3 Å². The molecule has 2 rings (SSSR count). The quantitative estimate of drug-likeness (QED) is 0.834. The number of thioether (sulfide) groups is 1. The number of aryl methyl sites for hydroxylation is 2. The highest BCUT2D eigenvalue weighted by atomic mass is 32.2. The van der Waals surface area contributed by atoms with Gasteiger partial charge in [-0.1, -0.05) is 17.8 Å². The lowest BCUT2D eigenvalue weighted by Gasteiger charge is -2.12. The lowest BCUT2D eigenvalue weighted by molar-refractivity contribution is -0.109. The largest absolute Gasteiger partial charge is 0.489 e. The molecule has 2 nitrogen and oxygen atoms in total. The molecule has 0 radical (unpaired) electrons. The van der Waals surface area contributed by atoms with Crippen LogP contribution >= 0.6 is 11.8 Å². The van der Waals surface area contributed by atoms with Gasteiger partial charge in [-0.25, -0.2) is 0 Å². The minimum absolute atomic E-state index is 0.189. The van der Waals surface area contributed by atoms with Gasteiger partial charge < -0.3 is 4.74 Å². The average Bonchev–Trinajstić information content (AvgIpc) is 2.70. The molecule has 0 N–H and O–H groups in total. The molecule has 0 aliphatic carbocycles. The van der Waals surface area contributed by atoms with Crippen molar-refractivity contribution in [2.75, 3.05) is 5.75 Å². The lowest BCUT2D eigenvalue weighted by atomic mass is 9.97. The maximum absolute atomic E-state index is 10.9. The first-order chi connectivity index (χ1) is 8.49. The molecule has 98 valence electrons. The SMILES string of the molecule is CC(=O)SCCC1Cc2c(C)cc(C)c(C)c2O1. The summed E-state index contributed by atoms with van der Waals surface area (Å²) in [5, 5.41) is 0.189. The van der Waals surface area contributed by atoms with E-state index < -0.39 is 0 Å². The van der Waals surface area contributed by atoms with Crippen molar-refractivity contribution >= 4 is 16.9 Å². The molecule has 1 aliphatic heterocycles. The van der Waals surface area contributed by atoms with E-state index in [9.17, 15) is 4.79 Å². The molecule has 3 heteroatoms. The zero-order valence-electron chi connectivity index (χ0n) is 11.5. The molecule has 0 saturated heterocycles. The van der Waals surface area contributed by atoms with Crippen molar-refractivity contribution in [3.63, 3.8) is 0 Å². The number of carbonyl (C=O) groups excluding carboxylic acids is 1. The summed E-state index contributed by atoms with van der Waals surface area (Å²) < 4.78 is 6.06. The normalized spacial score (nSPS) is 17.4. The second kappa shape index (κ2) is 5.35. The summed E-state index contributed by atoms with van der Waals surface area (Å²) in [7, 11) is 0. The summed E-state index contributed by atoms with van der Waals surface area (Å²) >= 11 is 1.39. The molecule has 1 unspecified atom stereocenters. The summed E-state index contributed by atoms with van der Waals surface area (Å²) in [4.78, 5) is 10.9. The van der Waals surface area contributed by atoms with E-state index >= 15 is 0 Å². The van der Waals surface area contributed by atoms with Gasteiger partial charge in [0, 0.05) is 24.7 Å². The molecular formula is C15H20O2S. The van der Waals surface area contributed by atoms with Crippen LogP contribution in [-0.2, 0) is 11.2 Å². The Labute approximate surface area is 113 Å². The summed E-state index contributed by atoms with van der Waals surface area (Å²) in [6, 6.07) is 2.24. The van der Waals surface area contributed by atoms with Crippen LogP contribution in [0.3, 0.4) is 0 Å². The number of benzene rings is 1. The molecule has 0 spiro atoms. The van der Waals surface area contributed by atoms with Crippen molar-refractivity contribution in [1.82, 2.24) is 0 Å². The monoisotopic (exact) mass is 264 g/mol. The predicted molar refractivity (Wildman–Crippen MR) is 76.5 cm³/mol. The molecule has 0 aromatic heterocycles. The first kappa shape index (κ1) is 13.5. The first-order valence-electron chi connectivity index (χ1n) is 6.38. The summed E-state index contributed by atoms with van der Waals surface area (Å²) in [6.07, 6.45) is 2.17. The molecule has 1 aromatic carbocycles. The maximum Gasteiger partial charge on any atom is 0.185 e. The van der Waals surface area contributed by atoms with Gasteiger partial charge >= 0.3 is 0 Å². The first-order valence-corrected chi connectivity index (χ1v) is 7.37. The standard InChI is InChI=1S/C15H20O2S/c1-9-7-10(2)14-8-13(5-6-18-12(4)16)17-15(14)11(9)3/h7,13H,5-6,8H2,1-4H3. The Balaban J connectivity index is 2.06. The van der Waals surface area contributed by atoms with E-state index in [0.29, 0.717) is 0 Å². The molecule has 0 bridgehead atoms. The number of rotatable bonds is 3. The highest BCUT2D eigenvalue weighted by molar-refractivity contribution is 8.13. The van der Waals surface area contributed by atoms with E-state index in [1.807, 2.05) is 0 Å². The Morgan fingerprint density at radius 1 is 1.39 bits per heavy atom. The second-order valence-electron chi connectivity index (χ2n) is 5.02. The van der Waals surface area contributed by atoms with Gasteiger partial charge in [-0.2, -0.15) is 0 Å². The third-order valence-corrected chi connectivity index (χ3v) is 4.42. The molecule has 1 aromatic rings. The fourth-order valence-electron chi connectivity index (χ4n) is 2.45. The third kappa shape index (κ3) is 2.72. The fraction of sp³-hybridized carbons (Fsp3) is 0.533. The number of hydrogen-bond acceptors (Lipinski definition) is 3. The van der Waals surface area contributed by atoms with E-state index in [0.717, 1.165) is 24.3 Å². The lowest BCUT2D eigenvalue weighted by Crippen LogP contribution is -2.14. The van der Waals surface area contributed by atoms with Crippen LogP contribution in [0.2, 0.25) is 0 Å². The van der Waals surface area contributed by atoms with Crippen LogP contribution < -0.4 is 4.74 Å². The molecule has 18 heavy (non-hydrogen) atoms. The summed E-state index contributed by atoms with van der Waals surface area (Å²) in [5.41, 5.74) is 5.24. The number of fused-ring (bicyclic) bond motifs is 1. The van der Waals surface area contributed by atoms with Gasteiger partial charge in [0.05, 0.1) is 0 Å². The van der Waals surface area contributed by atoms with Crippen molar-refractivity contribution in [3.8, 4) is 5.75 Å². The molecule has 0 fully saturated rings. The Morgan fingerprint density at radius 2 is 2.11 bits per heavy atom. The molecule has 0 amide bonds. The minimum atomic E-state index is 0.189. The average molecular weight is 264 g/mol. The predicted octanol–water partition coefficient (Wildman–Crippen LogP) is 3.59. The van der Waals surface area contributed by atoms with Crippen molar-refractivity contribution < 1.29 is 9.53 Å². The van der Waals surface area contributed by atoms with Gasteiger partial charge in [-0.3, -0.25) is 4.79 Å².